The van der Waals surface area contributed by atoms with Crippen LogP contribution in [0.25, 0.3) is 0 Å². The Labute approximate surface area is 141 Å². The SMILES string of the molecule is CSc1ncccc1C(=O)OCC(=O)Nc1ccc([N+](=O)[O-])cc1. The fourth-order valence-corrected chi connectivity index (χ4v) is 2.32. The van der Waals surface area contributed by atoms with Gasteiger partial charge in [0.05, 0.1) is 10.5 Å². The molecule has 0 atom stereocenters. The summed E-state index contributed by atoms with van der Waals surface area (Å²) in [4.78, 5) is 37.8. The first-order chi connectivity index (χ1) is 11.5. The number of pyridine rings is 1. The Hall–Kier alpha value is -2.94. The van der Waals surface area contributed by atoms with Crippen molar-refractivity contribution in [3.63, 3.8) is 0 Å². The highest BCUT2D eigenvalue weighted by Gasteiger charge is 2.15. The lowest BCUT2D eigenvalue weighted by atomic mass is 10.3. The standard InChI is InChI=1S/C15H13N3O5S/c1-24-14-12(3-2-8-16-14)15(20)23-9-13(19)17-10-4-6-11(7-5-10)18(21)22/h2-8H,9H2,1H3,(H,17,19). The molecule has 124 valence electrons. The number of aromatic nitrogens is 1. The highest BCUT2D eigenvalue weighted by molar-refractivity contribution is 7.98. The zero-order valence-corrected chi connectivity index (χ0v) is 13.4. The van der Waals surface area contributed by atoms with E-state index in [0.29, 0.717) is 10.7 Å². The summed E-state index contributed by atoms with van der Waals surface area (Å²) in [5.74, 6) is -1.20. The number of nitrogens with zero attached hydrogens (tertiary/aromatic N) is 2. The molecule has 0 aliphatic heterocycles. The van der Waals surface area contributed by atoms with Crippen molar-refractivity contribution in [1.29, 1.82) is 0 Å². The van der Waals surface area contributed by atoms with E-state index in [1.807, 2.05) is 0 Å². The second kappa shape index (κ2) is 8.06. The van der Waals surface area contributed by atoms with Gasteiger partial charge in [0.1, 0.15) is 5.03 Å². The van der Waals surface area contributed by atoms with Gasteiger partial charge in [-0.2, -0.15) is 0 Å². The van der Waals surface area contributed by atoms with Crippen molar-refractivity contribution < 1.29 is 19.2 Å². The van der Waals surface area contributed by atoms with Crippen LogP contribution in [0.15, 0.2) is 47.6 Å². The van der Waals surface area contributed by atoms with E-state index >= 15 is 0 Å². The average Bonchev–Trinajstić information content (AvgIpc) is 2.60. The number of nitro benzene ring substituents is 1. The van der Waals surface area contributed by atoms with Crippen LogP contribution in [0.1, 0.15) is 10.4 Å². The summed E-state index contributed by atoms with van der Waals surface area (Å²) in [5, 5.41) is 13.5. The molecule has 1 heterocycles. The van der Waals surface area contributed by atoms with E-state index in [1.165, 1.54) is 36.0 Å². The summed E-state index contributed by atoms with van der Waals surface area (Å²) in [6.07, 6.45) is 3.34. The number of amides is 1. The first-order valence-corrected chi connectivity index (χ1v) is 7.94. The Kier molecular flexibility index (Phi) is 5.85. The summed E-state index contributed by atoms with van der Waals surface area (Å²) in [6.45, 7) is -0.474. The number of rotatable bonds is 6. The van der Waals surface area contributed by atoms with E-state index in [-0.39, 0.29) is 11.3 Å². The number of thioether (sulfide) groups is 1. The predicted octanol–water partition coefficient (Wildman–Crippen LogP) is 2.51. The first-order valence-electron chi connectivity index (χ1n) is 6.71. The van der Waals surface area contributed by atoms with E-state index in [1.54, 1.807) is 24.6 Å². The quantitative estimate of drug-likeness (QED) is 0.370. The van der Waals surface area contributed by atoms with Gasteiger partial charge in [0.25, 0.3) is 11.6 Å². The lowest BCUT2D eigenvalue weighted by molar-refractivity contribution is -0.384. The van der Waals surface area contributed by atoms with Gasteiger partial charge in [0.2, 0.25) is 0 Å². The van der Waals surface area contributed by atoms with Crippen molar-refractivity contribution >= 4 is 35.0 Å². The Morgan fingerprint density at radius 2 is 2.00 bits per heavy atom. The molecule has 1 amide bonds. The van der Waals surface area contributed by atoms with Gasteiger partial charge in [-0.05, 0) is 30.5 Å². The van der Waals surface area contributed by atoms with Gasteiger partial charge < -0.3 is 10.1 Å². The maximum atomic E-state index is 12.0. The van der Waals surface area contributed by atoms with Gasteiger partial charge >= 0.3 is 5.97 Å². The fourth-order valence-electron chi connectivity index (χ4n) is 1.78. The topological polar surface area (TPSA) is 111 Å². The van der Waals surface area contributed by atoms with Gasteiger partial charge in [0, 0.05) is 24.0 Å². The minimum atomic E-state index is -0.647. The van der Waals surface area contributed by atoms with E-state index in [4.69, 9.17) is 4.74 Å². The Morgan fingerprint density at radius 1 is 1.29 bits per heavy atom. The number of nitro groups is 1. The third-order valence-electron chi connectivity index (χ3n) is 2.88. The van der Waals surface area contributed by atoms with Crippen LogP contribution in [0.4, 0.5) is 11.4 Å². The van der Waals surface area contributed by atoms with Crippen molar-refractivity contribution in [2.45, 2.75) is 5.03 Å². The van der Waals surface area contributed by atoms with Crippen molar-refractivity contribution in [1.82, 2.24) is 4.98 Å². The molecule has 0 unspecified atom stereocenters. The summed E-state index contributed by atoms with van der Waals surface area (Å²) < 4.78 is 4.95. The molecule has 0 radical (unpaired) electrons. The van der Waals surface area contributed by atoms with Crippen LogP contribution in [0.3, 0.4) is 0 Å². The molecular weight excluding hydrogens is 334 g/mol. The number of nitrogens with one attached hydrogen (secondary N) is 1. The predicted molar refractivity (Wildman–Crippen MR) is 88.0 cm³/mol. The second-order valence-electron chi connectivity index (χ2n) is 4.49. The molecule has 24 heavy (non-hydrogen) atoms. The maximum absolute atomic E-state index is 12.0. The van der Waals surface area contributed by atoms with E-state index in [0.717, 1.165) is 0 Å². The van der Waals surface area contributed by atoms with Gasteiger partial charge in [-0.15, -0.1) is 11.8 Å². The number of hydrogen-bond donors (Lipinski definition) is 1. The van der Waals surface area contributed by atoms with Crippen molar-refractivity contribution in [2.24, 2.45) is 0 Å². The monoisotopic (exact) mass is 347 g/mol. The number of carbonyl (C=O) groups excluding carboxylic acids is 2. The zero-order valence-electron chi connectivity index (χ0n) is 12.6. The molecule has 1 N–H and O–H groups in total. The highest BCUT2D eigenvalue weighted by atomic mass is 32.2. The molecule has 0 bridgehead atoms. The summed E-state index contributed by atoms with van der Waals surface area (Å²) in [5.41, 5.74) is 0.571. The average molecular weight is 347 g/mol. The number of esters is 1. The van der Waals surface area contributed by atoms with Crippen LogP contribution >= 0.6 is 11.8 Å². The highest BCUT2D eigenvalue weighted by Crippen LogP contribution is 2.18. The number of carbonyl (C=O) groups is 2. The first kappa shape index (κ1) is 17.4. The molecule has 0 saturated heterocycles. The van der Waals surface area contributed by atoms with Gasteiger partial charge in [-0.1, -0.05) is 0 Å². The van der Waals surface area contributed by atoms with Crippen LogP contribution in [-0.2, 0) is 9.53 Å². The lowest BCUT2D eigenvalue weighted by Gasteiger charge is -2.08. The van der Waals surface area contributed by atoms with E-state index in [9.17, 15) is 19.7 Å². The van der Waals surface area contributed by atoms with Crippen LogP contribution in [-0.4, -0.2) is 34.6 Å². The molecule has 1 aromatic carbocycles. The number of hydrogen-bond acceptors (Lipinski definition) is 7. The largest absolute Gasteiger partial charge is 0.452 e. The molecule has 0 aliphatic carbocycles. The molecule has 0 spiro atoms. The van der Waals surface area contributed by atoms with Crippen LogP contribution in [0, 0.1) is 10.1 Å². The number of anilines is 1. The molecule has 0 aliphatic rings. The van der Waals surface area contributed by atoms with E-state index < -0.39 is 23.4 Å². The Bertz CT molecular complexity index is 764. The molecule has 9 heteroatoms. The smallest absolute Gasteiger partial charge is 0.341 e. The Balaban J connectivity index is 1.91. The van der Waals surface area contributed by atoms with Crippen LogP contribution < -0.4 is 5.32 Å². The summed E-state index contributed by atoms with van der Waals surface area (Å²) in [7, 11) is 0. The number of ether oxygens (including phenoxy) is 1. The molecule has 1 aromatic heterocycles. The molecule has 2 aromatic rings. The molecule has 0 saturated carbocycles. The van der Waals surface area contributed by atoms with Gasteiger partial charge in [-0.25, -0.2) is 9.78 Å². The third-order valence-corrected chi connectivity index (χ3v) is 3.59. The van der Waals surface area contributed by atoms with E-state index in [2.05, 4.69) is 10.3 Å². The van der Waals surface area contributed by atoms with Crippen molar-refractivity contribution in [2.75, 3.05) is 18.2 Å². The second-order valence-corrected chi connectivity index (χ2v) is 5.28. The van der Waals surface area contributed by atoms with Gasteiger partial charge in [0.15, 0.2) is 6.61 Å². The zero-order chi connectivity index (χ0) is 17.5. The molecular formula is C15H13N3O5S. The summed E-state index contributed by atoms with van der Waals surface area (Å²) >= 11 is 1.30. The van der Waals surface area contributed by atoms with Crippen LogP contribution in [0.5, 0.6) is 0 Å². The minimum Gasteiger partial charge on any atom is -0.452 e. The normalized spacial score (nSPS) is 10.0. The molecule has 2 rings (SSSR count). The minimum absolute atomic E-state index is 0.0828. The van der Waals surface area contributed by atoms with Crippen molar-refractivity contribution in [3.8, 4) is 0 Å². The van der Waals surface area contributed by atoms with Crippen LogP contribution in [0.2, 0.25) is 0 Å². The maximum Gasteiger partial charge on any atom is 0.341 e. The number of benzene rings is 1. The number of non-ortho nitro benzene ring substituents is 1. The molecule has 0 fully saturated rings. The fraction of sp³-hybridized carbons (Fsp3) is 0.133. The Morgan fingerprint density at radius 3 is 2.62 bits per heavy atom. The summed E-state index contributed by atoms with van der Waals surface area (Å²) in [6, 6.07) is 8.49. The molecule has 8 nitrogen and oxygen atoms in total. The third kappa shape index (κ3) is 4.53. The van der Waals surface area contributed by atoms with Crippen molar-refractivity contribution in [3.05, 3.63) is 58.3 Å². The van der Waals surface area contributed by atoms with Gasteiger partial charge in [-0.3, -0.25) is 14.9 Å². The lowest BCUT2D eigenvalue weighted by Crippen LogP contribution is -2.21.